The molecule has 1 amide bonds. The summed E-state index contributed by atoms with van der Waals surface area (Å²) in [5.41, 5.74) is 1.87. The third-order valence-electron chi connectivity index (χ3n) is 5.15. The number of ether oxygens (including phenoxy) is 1. The Morgan fingerprint density at radius 1 is 0.939 bits per heavy atom. The number of rotatable bonds is 7. The van der Waals surface area contributed by atoms with E-state index in [1.54, 1.807) is 48.5 Å². The molecule has 1 heterocycles. The number of carbonyl (C=O) groups is 2. The van der Waals surface area contributed by atoms with Gasteiger partial charge in [0.25, 0.3) is 5.91 Å². The molecule has 7 heteroatoms. The maximum Gasteiger partial charge on any atom is 0.336 e. The number of carbonyl (C=O) groups excluding carboxylic acids is 1. The third-order valence-corrected chi connectivity index (χ3v) is 5.15. The molecule has 0 aliphatic carbocycles. The second-order valence-electron chi connectivity index (χ2n) is 7.45. The first-order valence-electron chi connectivity index (χ1n) is 10.3. The van der Waals surface area contributed by atoms with Crippen molar-refractivity contribution in [1.82, 2.24) is 5.32 Å². The van der Waals surface area contributed by atoms with Crippen molar-refractivity contribution >= 4 is 22.8 Å². The van der Waals surface area contributed by atoms with Crippen molar-refractivity contribution in [3.63, 3.8) is 0 Å². The molecule has 33 heavy (non-hydrogen) atoms. The second-order valence-corrected chi connectivity index (χ2v) is 7.45. The van der Waals surface area contributed by atoms with Crippen LogP contribution in [0.1, 0.15) is 18.5 Å². The van der Waals surface area contributed by atoms with E-state index in [1.807, 2.05) is 30.3 Å². The molecule has 0 aliphatic heterocycles. The van der Waals surface area contributed by atoms with Gasteiger partial charge in [0.1, 0.15) is 11.3 Å². The van der Waals surface area contributed by atoms with Crippen LogP contribution in [-0.4, -0.2) is 23.1 Å². The SMILES string of the molecule is CC(Oc1ccc2c(-c3ccccc3)cc(=O)oc2c1)C(=O)NC(C(=O)O)c1ccccc1. The minimum Gasteiger partial charge on any atom is -0.481 e. The summed E-state index contributed by atoms with van der Waals surface area (Å²) in [6.45, 7) is 1.51. The van der Waals surface area contributed by atoms with E-state index < -0.39 is 29.6 Å². The Kier molecular flexibility index (Phi) is 6.22. The van der Waals surface area contributed by atoms with Gasteiger partial charge in [0.05, 0.1) is 0 Å². The topological polar surface area (TPSA) is 106 Å². The van der Waals surface area contributed by atoms with E-state index >= 15 is 0 Å². The van der Waals surface area contributed by atoms with Gasteiger partial charge in [0.15, 0.2) is 12.1 Å². The van der Waals surface area contributed by atoms with Gasteiger partial charge in [-0.2, -0.15) is 0 Å². The van der Waals surface area contributed by atoms with Crippen LogP contribution < -0.4 is 15.7 Å². The zero-order valence-electron chi connectivity index (χ0n) is 17.7. The van der Waals surface area contributed by atoms with Crippen molar-refractivity contribution in [3.05, 3.63) is 101 Å². The molecule has 7 nitrogen and oxygen atoms in total. The van der Waals surface area contributed by atoms with Crippen molar-refractivity contribution in [1.29, 1.82) is 0 Å². The van der Waals surface area contributed by atoms with Crippen LogP contribution in [0, 0.1) is 0 Å². The number of hydrogen-bond donors (Lipinski definition) is 2. The van der Waals surface area contributed by atoms with Gasteiger partial charge in [0, 0.05) is 17.5 Å². The van der Waals surface area contributed by atoms with E-state index in [0.717, 1.165) is 16.5 Å². The number of fused-ring (bicyclic) bond motifs is 1. The van der Waals surface area contributed by atoms with E-state index in [2.05, 4.69) is 5.32 Å². The highest BCUT2D eigenvalue weighted by atomic mass is 16.5. The monoisotopic (exact) mass is 443 g/mol. The lowest BCUT2D eigenvalue weighted by Crippen LogP contribution is -2.41. The summed E-state index contributed by atoms with van der Waals surface area (Å²) in [7, 11) is 0. The van der Waals surface area contributed by atoms with Gasteiger partial charge in [-0.05, 0) is 35.7 Å². The molecule has 3 aromatic carbocycles. The summed E-state index contributed by atoms with van der Waals surface area (Å²) in [4.78, 5) is 36.4. The molecule has 2 atom stereocenters. The van der Waals surface area contributed by atoms with Gasteiger partial charge in [-0.25, -0.2) is 9.59 Å². The molecule has 1 aromatic heterocycles. The van der Waals surface area contributed by atoms with Crippen LogP contribution in [0.4, 0.5) is 0 Å². The van der Waals surface area contributed by atoms with Gasteiger partial charge in [-0.1, -0.05) is 60.7 Å². The van der Waals surface area contributed by atoms with Gasteiger partial charge in [0.2, 0.25) is 0 Å². The number of benzene rings is 3. The summed E-state index contributed by atoms with van der Waals surface area (Å²) >= 11 is 0. The van der Waals surface area contributed by atoms with E-state index in [1.165, 1.54) is 13.0 Å². The average Bonchev–Trinajstić information content (AvgIpc) is 2.82. The highest BCUT2D eigenvalue weighted by molar-refractivity contribution is 5.94. The Balaban J connectivity index is 1.55. The minimum absolute atomic E-state index is 0.310. The Morgan fingerprint density at radius 2 is 1.61 bits per heavy atom. The molecular weight excluding hydrogens is 422 g/mol. The van der Waals surface area contributed by atoms with E-state index in [4.69, 9.17) is 9.15 Å². The van der Waals surface area contributed by atoms with Crippen molar-refractivity contribution in [2.45, 2.75) is 19.1 Å². The molecule has 4 rings (SSSR count). The van der Waals surface area contributed by atoms with E-state index in [0.29, 0.717) is 16.9 Å². The molecule has 0 aliphatic rings. The molecule has 0 spiro atoms. The van der Waals surface area contributed by atoms with Crippen molar-refractivity contribution < 1.29 is 23.8 Å². The lowest BCUT2D eigenvalue weighted by molar-refractivity contribution is -0.143. The molecular formula is C26H21NO6. The Bertz CT molecular complexity index is 1350. The molecule has 166 valence electrons. The normalized spacial score (nSPS) is 12.6. The van der Waals surface area contributed by atoms with Crippen molar-refractivity contribution in [3.8, 4) is 16.9 Å². The molecule has 0 fully saturated rings. The fourth-order valence-corrected chi connectivity index (χ4v) is 3.52. The predicted molar refractivity (Wildman–Crippen MR) is 123 cm³/mol. The first kappa shape index (κ1) is 21.8. The van der Waals surface area contributed by atoms with Gasteiger partial charge in [-0.3, -0.25) is 4.79 Å². The molecule has 0 saturated heterocycles. The van der Waals surface area contributed by atoms with Crippen LogP contribution in [0.2, 0.25) is 0 Å². The van der Waals surface area contributed by atoms with Gasteiger partial charge < -0.3 is 19.6 Å². The molecule has 0 saturated carbocycles. The number of amides is 1. The number of carboxylic acid groups (broad SMARTS) is 1. The standard InChI is InChI=1S/C26H21NO6/c1-16(25(29)27-24(26(30)31)18-10-6-3-7-11-18)32-19-12-13-20-21(17-8-4-2-5-9-17)15-23(28)33-22(20)14-19/h2-16,24H,1H3,(H,27,29)(H,30,31). The van der Waals surface area contributed by atoms with Crippen LogP contribution >= 0.6 is 0 Å². The minimum atomic E-state index is -1.20. The van der Waals surface area contributed by atoms with Crippen molar-refractivity contribution in [2.24, 2.45) is 0 Å². The van der Waals surface area contributed by atoms with Crippen LogP contribution in [0.25, 0.3) is 22.1 Å². The van der Waals surface area contributed by atoms with Gasteiger partial charge in [-0.15, -0.1) is 0 Å². The van der Waals surface area contributed by atoms with E-state index in [-0.39, 0.29) is 0 Å². The largest absolute Gasteiger partial charge is 0.481 e. The summed E-state index contributed by atoms with van der Waals surface area (Å²) in [6, 6.07) is 23.1. The van der Waals surface area contributed by atoms with E-state index in [9.17, 15) is 19.5 Å². The average molecular weight is 443 g/mol. The third kappa shape index (κ3) is 4.93. The zero-order valence-corrected chi connectivity index (χ0v) is 17.7. The molecule has 0 bridgehead atoms. The summed E-state index contributed by atoms with van der Waals surface area (Å²) in [5.74, 6) is -1.46. The maximum atomic E-state index is 12.6. The summed E-state index contributed by atoms with van der Waals surface area (Å²) in [6.07, 6.45) is -0.989. The van der Waals surface area contributed by atoms with Gasteiger partial charge >= 0.3 is 11.6 Å². The molecule has 2 unspecified atom stereocenters. The Labute approximate surface area is 189 Å². The fraction of sp³-hybridized carbons (Fsp3) is 0.115. The first-order valence-corrected chi connectivity index (χ1v) is 10.3. The van der Waals surface area contributed by atoms with Crippen LogP contribution in [0.15, 0.2) is 94.1 Å². The fourth-order valence-electron chi connectivity index (χ4n) is 3.52. The van der Waals surface area contributed by atoms with Crippen LogP contribution in [0.5, 0.6) is 5.75 Å². The molecule has 4 aromatic rings. The van der Waals surface area contributed by atoms with Crippen molar-refractivity contribution in [2.75, 3.05) is 0 Å². The lowest BCUT2D eigenvalue weighted by Gasteiger charge is -2.19. The number of aliphatic carboxylic acids is 1. The van der Waals surface area contributed by atoms with Crippen LogP contribution in [-0.2, 0) is 9.59 Å². The molecule has 2 N–H and O–H groups in total. The number of carboxylic acids is 1. The Hall–Kier alpha value is -4.39. The zero-order chi connectivity index (χ0) is 23.4. The highest BCUT2D eigenvalue weighted by Crippen LogP contribution is 2.30. The first-order chi connectivity index (χ1) is 15.9. The van der Waals surface area contributed by atoms with Crippen LogP contribution in [0.3, 0.4) is 0 Å². The second kappa shape index (κ2) is 9.40. The highest BCUT2D eigenvalue weighted by Gasteiger charge is 2.25. The summed E-state index contributed by atoms with van der Waals surface area (Å²) in [5, 5.41) is 12.7. The lowest BCUT2D eigenvalue weighted by atomic mass is 10.0. The summed E-state index contributed by atoms with van der Waals surface area (Å²) < 4.78 is 11.1. The smallest absolute Gasteiger partial charge is 0.336 e. The molecule has 0 radical (unpaired) electrons. The predicted octanol–water partition coefficient (Wildman–Crippen LogP) is 4.17. The quantitative estimate of drug-likeness (QED) is 0.415. The Morgan fingerprint density at radius 3 is 2.27 bits per heavy atom. The maximum absolute atomic E-state index is 12.6. The number of hydrogen-bond acceptors (Lipinski definition) is 5. The number of nitrogens with one attached hydrogen (secondary N) is 1.